The molecule has 1 heterocycles. The third-order valence-electron chi connectivity index (χ3n) is 4.51. The van der Waals surface area contributed by atoms with Gasteiger partial charge in [-0.2, -0.15) is 0 Å². The average molecular weight is 364 g/mol. The summed E-state index contributed by atoms with van der Waals surface area (Å²) in [4.78, 5) is 16.6. The zero-order chi connectivity index (χ0) is 17.8. The maximum atomic E-state index is 12.1. The molecule has 0 atom stereocenters. The number of fused-ring (bicyclic) bond motifs is 1. The van der Waals surface area contributed by atoms with Crippen molar-refractivity contribution in [3.8, 4) is 17.0 Å². The number of aromatic nitrogens is 1. The van der Waals surface area contributed by atoms with Crippen LogP contribution in [-0.4, -0.2) is 17.5 Å². The molecule has 0 unspecified atom stereocenters. The lowest BCUT2D eigenvalue weighted by atomic mass is 9.90. The van der Waals surface area contributed by atoms with Crippen LogP contribution >= 0.6 is 11.3 Å². The van der Waals surface area contributed by atoms with Gasteiger partial charge in [0.05, 0.1) is 5.69 Å². The Balaban J connectivity index is 1.39. The summed E-state index contributed by atoms with van der Waals surface area (Å²) in [7, 11) is 0. The number of ether oxygens (including phenoxy) is 1. The molecule has 0 saturated carbocycles. The summed E-state index contributed by atoms with van der Waals surface area (Å²) < 4.78 is 5.46. The second-order valence-corrected chi connectivity index (χ2v) is 7.24. The molecule has 0 spiro atoms. The number of hydrogen-bond donors (Lipinski definition) is 1. The SMILES string of the molecule is O=C(COc1ccccc1)Nc1nc(-c2ccc3c(c2)CCCC3)cs1. The number of anilines is 1. The highest BCUT2D eigenvalue weighted by molar-refractivity contribution is 7.14. The Labute approximate surface area is 156 Å². The van der Waals surface area contributed by atoms with Gasteiger partial charge in [-0.3, -0.25) is 10.1 Å². The monoisotopic (exact) mass is 364 g/mol. The van der Waals surface area contributed by atoms with Crippen LogP contribution in [0.1, 0.15) is 24.0 Å². The van der Waals surface area contributed by atoms with Crippen LogP contribution in [0.25, 0.3) is 11.3 Å². The molecule has 132 valence electrons. The first-order valence-electron chi connectivity index (χ1n) is 8.83. The molecule has 1 amide bonds. The van der Waals surface area contributed by atoms with Gasteiger partial charge in [0.25, 0.3) is 5.91 Å². The van der Waals surface area contributed by atoms with Crippen LogP contribution in [0.5, 0.6) is 5.75 Å². The van der Waals surface area contributed by atoms with Crippen molar-refractivity contribution >= 4 is 22.4 Å². The lowest BCUT2D eigenvalue weighted by Crippen LogP contribution is -2.20. The van der Waals surface area contributed by atoms with E-state index in [9.17, 15) is 4.79 Å². The molecule has 2 aromatic carbocycles. The molecule has 4 nitrogen and oxygen atoms in total. The highest BCUT2D eigenvalue weighted by Gasteiger charge is 2.13. The number of aryl methyl sites for hydroxylation is 2. The first-order chi connectivity index (χ1) is 12.8. The van der Waals surface area contributed by atoms with E-state index in [0.29, 0.717) is 10.9 Å². The molecule has 26 heavy (non-hydrogen) atoms. The molecule has 1 aromatic heterocycles. The zero-order valence-electron chi connectivity index (χ0n) is 14.4. The first-order valence-corrected chi connectivity index (χ1v) is 9.71. The standard InChI is InChI=1S/C21H20N2O2S/c24-20(13-25-18-8-2-1-3-9-18)23-21-22-19(14-26-21)17-11-10-15-6-4-5-7-16(15)12-17/h1-3,8-12,14H,4-7,13H2,(H,22,23,24). The fraction of sp³-hybridized carbons (Fsp3) is 0.238. The number of amides is 1. The number of nitrogens with zero attached hydrogens (tertiary/aromatic N) is 1. The second kappa shape index (κ2) is 7.70. The summed E-state index contributed by atoms with van der Waals surface area (Å²) in [5.74, 6) is 0.469. The van der Waals surface area contributed by atoms with Gasteiger partial charge in [0.1, 0.15) is 5.75 Å². The predicted octanol–water partition coefficient (Wildman–Crippen LogP) is 4.71. The van der Waals surface area contributed by atoms with Gasteiger partial charge in [0.15, 0.2) is 11.7 Å². The van der Waals surface area contributed by atoms with Crippen LogP contribution in [0.2, 0.25) is 0 Å². The van der Waals surface area contributed by atoms with Crippen molar-refractivity contribution < 1.29 is 9.53 Å². The van der Waals surface area contributed by atoms with E-state index in [4.69, 9.17) is 4.74 Å². The van der Waals surface area contributed by atoms with Gasteiger partial charge in [-0.25, -0.2) is 4.98 Å². The molecule has 4 rings (SSSR count). The highest BCUT2D eigenvalue weighted by atomic mass is 32.1. The summed E-state index contributed by atoms with van der Waals surface area (Å²) in [6.07, 6.45) is 4.86. The van der Waals surface area contributed by atoms with Crippen molar-refractivity contribution in [2.24, 2.45) is 0 Å². The molecule has 5 heteroatoms. The minimum Gasteiger partial charge on any atom is -0.484 e. The lowest BCUT2D eigenvalue weighted by Gasteiger charge is -2.16. The molecule has 0 aliphatic heterocycles. The lowest BCUT2D eigenvalue weighted by molar-refractivity contribution is -0.118. The maximum Gasteiger partial charge on any atom is 0.264 e. The third kappa shape index (κ3) is 3.94. The number of benzene rings is 2. The quantitative estimate of drug-likeness (QED) is 0.713. The summed E-state index contributed by atoms with van der Waals surface area (Å²) in [6.45, 7) is -0.0300. The molecule has 0 bridgehead atoms. The molecule has 0 radical (unpaired) electrons. The van der Waals surface area contributed by atoms with E-state index >= 15 is 0 Å². The second-order valence-electron chi connectivity index (χ2n) is 6.38. The Kier molecular flexibility index (Phi) is 4.97. The van der Waals surface area contributed by atoms with E-state index in [-0.39, 0.29) is 12.5 Å². The minimum absolute atomic E-state index is 0.0300. The third-order valence-corrected chi connectivity index (χ3v) is 5.27. The summed E-state index contributed by atoms with van der Waals surface area (Å²) in [5, 5.41) is 5.39. The van der Waals surface area contributed by atoms with Crippen LogP contribution in [-0.2, 0) is 17.6 Å². The van der Waals surface area contributed by atoms with Crippen LogP contribution in [0.15, 0.2) is 53.9 Å². The van der Waals surface area contributed by atoms with Gasteiger partial charge in [-0.05, 0) is 55.0 Å². The molecule has 1 N–H and O–H groups in total. The normalized spacial score (nSPS) is 13.1. The largest absolute Gasteiger partial charge is 0.484 e. The van der Waals surface area contributed by atoms with Crippen LogP contribution in [0, 0.1) is 0 Å². The molecule has 0 fully saturated rings. The van der Waals surface area contributed by atoms with Gasteiger partial charge in [0, 0.05) is 10.9 Å². The van der Waals surface area contributed by atoms with Crippen molar-refractivity contribution in [1.29, 1.82) is 0 Å². The number of hydrogen-bond acceptors (Lipinski definition) is 4. The molecule has 1 aliphatic rings. The molecular weight excluding hydrogens is 344 g/mol. The zero-order valence-corrected chi connectivity index (χ0v) is 15.2. The van der Waals surface area contributed by atoms with Gasteiger partial charge >= 0.3 is 0 Å². The van der Waals surface area contributed by atoms with Crippen molar-refractivity contribution in [3.05, 3.63) is 65.0 Å². The van der Waals surface area contributed by atoms with E-state index < -0.39 is 0 Å². The Morgan fingerprint density at radius 2 is 1.88 bits per heavy atom. The van der Waals surface area contributed by atoms with E-state index in [1.807, 2.05) is 35.7 Å². The Morgan fingerprint density at radius 3 is 2.73 bits per heavy atom. The van der Waals surface area contributed by atoms with Crippen LogP contribution < -0.4 is 10.1 Å². The Morgan fingerprint density at radius 1 is 1.08 bits per heavy atom. The van der Waals surface area contributed by atoms with Gasteiger partial charge in [0.2, 0.25) is 0 Å². The summed E-state index contributed by atoms with van der Waals surface area (Å²) in [5.41, 5.74) is 4.91. The summed E-state index contributed by atoms with van der Waals surface area (Å²) >= 11 is 1.43. The number of thiazole rings is 1. The topological polar surface area (TPSA) is 51.2 Å². The number of rotatable bonds is 5. The number of para-hydroxylation sites is 1. The molecule has 3 aromatic rings. The van der Waals surface area contributed by atoms with Gasteiger partial charge in [-0.1, -0.05) is 30.3 Å². The fourth-order valence-electron chi connectivity index (χ4n) is 3.18. The Hall–Kier alpha value is -2.66. The van der Waals surface area contributed by atoms with Crippen molar-refractivity contribution in [2.75, 3.05) is 11.9 Å². The maximum absolute atomic E-state index is 12.1. The van der Waals surface area contributed by atoms with Crippen molar-refractivity contribution in [1.82, 2.24) is 4.98 Å². The average Bonchev–Trinajstić information content (AvgIpc) is 3.15. The number of carbonyl (C=O) groups is 1. The predicted molar refractivity (Wildman–Crippen MR) is 105 cm³/mol. The Bertz CT molecular complexity index is 905. The van der Waals surface area contributed by atoms with E-state index in [1.54, 1.807) is 0 Å². The molecule has 0 saturated heterocycles. The number of nitrogens with one attached hydrogen (secondary N) is 1. The smallest absolute Gasteiger partial charge is 0.264 e. The first kappa shape index (κ1) is 16.8. The van der Waals surface area contributed by atoms with Crippen molar-refractivity contribution in [2.45, 2.75) is 25.7 Å². The number of carbonyl (C=O) groups excluding carboxylic acids is 1. The van der Waals surface area contributed by atoms with Crippen LogP contribution in [0.3, 0.4) is 0 Å². The van der Waals surface area contributed by atoms with Crippen molar-refractivity contribution in [3.63, 3.8) is 0 Å². The summed E-state index contributed by atoms with van der Waals surface area (Å²) in [6, 6.07) is 15.9. The molecule has 1 aliphatic carbocycles. The van der Waals surface area contributed by atoms with Gasteiger partial charge in [-0.15, -0.1) is 11.3 Å². The van der Waals surface area contributed by atoms with E-state index in [0.717, 1.165) is 17.7 Å². The fourth-order valence-corrected chi connectivity index (χ4v) is 3.91. The molecular formula is C21H20N2O2S. The van der Waals surface area contributed by atoms with Gasteiger partial charge < -0.3 is 4.74 Å². The van der Waals surface area contributed by atoms with E-state index in [2.05, 4.69) is 28.5 Å². The minimum atomic E-state index is -0.208. The highest BCUT2D eigenvalue weighted by Crippen LogP contribution is 2.29. The van der Waals surface area contributed by atoms with Crippen LogP contribution in [0.4, 0.5) is 5.13 Å². The van der Waals surface area contributed by atoms with E-state index in [1.165, 1.54) is 41.7 Å².